The Balaban J connectivity index is 1.97. The standard InChI is InChI=1S/C20H26N4/c1-4-5-8-14-24(3)20(21-2)23-16-17-10-9-11-18(15-17)19-12-6-7-13-22-19/h4,6-7,9-13,15H,1,5,8,14,16H2,2-3H3,(H,21,23). The third-order valence-corrected chi connectivity index (χ3v) is 3.81. The second-order valence-corrected chi connectivity index (χ2v) is 5.67. The lowest BCUT2D eigenvalue weighted by molar-refractivity contribution is 0.470. The van der Waals surface area contributed by atoms with Gasteiger partial charge in [0.15, 0.2) is 5.96 Å². The molecule has 1 heterocycles. The molecule has 0 aliphatic rings. The van der Waals surface area contributed by atoms with Gasteiger partial charge in [0.1, 0.15) is 0 Å². The molecule has 1 aromatic heterocycles. The Bertz CT molecular complexity index is 664. The van der Waals surface area contributed by atoms with E-state index in [4.69, 9.17) is 0 Å². The van der Waals surface area contributed by atoms with Gasteiger partial charge >= 0.3 is 0 Å². The number of pyridine rings is 1. The number of hydrogen-bond donors (Lipinski definition) is 1. The molecule has 0 unspecified atom stereocenters. The highest BCUT2D eigenvalue weighted by molar-refractivity contribution is 5.79. The van der Waals surface area contributed by atoms with Crippen molar-refractivity contribution in [1.82, 2.24) is 15.2 Å². The molecule has 4 nitrogen and oxygen atoms in total. The Morgan fingerprint density at radius 3 is 2.88 bits per heavy atom. The van der Waals surface area contributed by atoms with Gasteiger partial charge < -0.3 is 10.2 Å². The molecule has 24 heavy (non-hydrogen) atoms. The van der Waals surface area contributed by atoms with Gasteiger partial charge in [-0.15, -0.1) is 6.58 Å². The number of aliphatic imine (C=N–C) groups is 1. The van der Waals surface area contributed by atoms with Gasteiger partial charge in [-0.2, -0.15) is 0 Å². The number of unbranched alkanes of at least 4 members (excludes halogenated alkanes) is 1. The van der Waals surface area contributed by atoms with Crippen molar-refractivity contribution in [3.8, 4) is 11.3 Å². The molecule has 2 aromatic rings. The Kier molecular flexibility index (Phi) is 7.02. The Labute approximate surface area is 145 Å². The van der Waals surface area contributed by atoms with Crippen LogP contribution < -0.4 is 5.32 Å². The van der Waals surface area contributed by atoms with Gasteiger partial charge in [0.25, 0.3) is 0 Å². The highest BCUT2D eigenvalue weighted by atomic mass is 15.3. The van der Waals surface area contributed by atoms with Crippen molar-refractivity contribution < 1.29 is 0 Å². The van der Waals surface area contributed by atoms with Crippen LogP contribution in [0.4, 0.5) is 0 Å². The van der Waals surface area contributed by atoms with E-state index in [1.165, 1.54) is 5.56 Å². The highest BCUT2D eigenvalue weighted by Gasteiger charge is 2.06. The minimum Gasteiger partial charge on any atom is -0.352 e. The number of nitrogens with one attached hydrogen (secondary N) is 1. The first-order valence-corrected chi connectivity index (χ1v) is 8.27. The summed E-state index contributed by atoms with van der Waals surface area (Å²) in [6, 6.07) is 14.4. The summed E-state index contributed by atoms with van der Waals surface area (Å²) < 4.78 is 0. The fraction of sp³-hybridized carbons (Fsp3) is 0.300. The zero-order valence-corrected chi connectivity index (χ0v) is 14.6. The SMILES string of the molecule is C=CCCCN(C)C(=NC)NCc1cccc(-c2ccccn2)c1. The normalized spacial score (nSPS) is 11.2. The average Bonchev–Trinajstić information content (AvgIpc) is 2.63. The summed E-state index contributed by atoms with van der Waals surface area (Å²) in [6.07, 6.45) is 5.87. The topological polar surface area (TPSA) is 40.5 Å². The number of benzene rings is 1. The zero-order chi connectivity index (χ0) is 17.2. The van der Waals surface area contributed by atoms with Gasteiger partial charge in [0.05, 0.1) is 5.69 Å². The minimum absolute atomic E-state index is 0.735. The lowest BCUT2D eigenvalue weighted by Gasteiger charge is -2.22. The fourth-order valence-electron chi connectivity index (χ4n) is 2.52. The smallest absolute Gasteiger partial charge is 0.193 e. The zero-order valence-electron chi connectivity index (χ0n) is 14.6. The molecule has 0 saturated heterocycles. The third-order valence-electron chi connectivity index (χ3n) is 3.81. The fourth-order valence-corrected chi connectivity index (χ4v) is 2.52. The van der Waals surface area contributed by atoms with Gasteiger partial charge in [-0.05, 0) is 36.6 Å². The second kappa shape index (κ2) is 9.50. The molecule has 0 aliphatic carbocycles. The summed E-state index contributed by atoms with van der Waals surface area (Å²) in [5, 5.41) is 3.42. The van der Waals surface area contributed by atoms with E-state index < -0.39 is 0 Å². The van der Waals surface area contributed by atoms with E-state index in [2.05, 4.69) is 58.1 Å². The summed E-state index contributed by atoms with van der Waals surface area (Å²) in [6.45, 7) is 5.46. The van der Waals surface area contributed by atoms with Gasteiger partial charge in [-0.3, -0.25) is 9.98 Å². The predicted octanol–water partition coefficient (Wildman–Crippen LogP) is 3.72. The average molecular weight is 322 g/mol. The van der Waals surface area contributed by atoms with Gasteiger partial charge in [0, 0.05) is 38.9 Å². The van der Waals surface area contributed by atoms with Crippen molar-refractivity contribution in [3.05, 3.63) is 66.9 Å². The van der Waals surface area contributed by atoms with Crippen LogP contribution in [0.3, 0.4) is 0 Å². The molecule has 0 spiro atoms. The van der Waals surface area contributed by atoms with Crippen LogP contribution in [0.15, 0.2) is 66.3 Å². The summed E-state index contributed by atoms with van der Waals surface area (Å²) in [7, 11) is 3.87. The van der Waals surface area contributed by atoms with Crippen LogP contribution >= 0.6 is 0 Å². The van der Waals surface area contributed by atoms with Crippen LogP contribution in [0.25, 0.3) is 11.3 Å². The van der Waals surface area contributed by atoms with Gasteiger partial charge in [-0.1, -0.05) is 30.3 Å². The number of aromatic nitrogens is 1. The lowest BCUT2D eigenvalue weighted by Crippen LogP contribution is -2.38. The molecule has 0 saturated carbocycles. The van der Waals surface area contributed by atoms with E-state index in [-0.39, 0.29) is 0 Å². The summed E-state index contributed by atoms with van der Waals surface area (Å²) >= 11 is 0. The Hall–Kier alpha value is -2.62. The van der Waals surface area contributed by atoms with Crippen molar-refractivity contribution in [2.45, 2.75) is 19.4 Å². The second-order valence-electron chi connectivity index (χ2n) is 5.67. The molecular weight excluding hydrogens is 296 g/mol. The summed E-state index contributed by atoms with van der Waals surface area (Å²) in [5.41, 5.74) is 3.33. The first-order valence-electron chi connectivity index (χ1n) is 8.27. The number of nitrogens with zero attached hydrogens (tertiary/aromatic N) is 3. The first kappa shape index (κ1) is 17.7. The largest absolute Gasteiger partial charge is 0.352 e. The molecule has 0 bridgehead atoms. The maximum absolute atomic E-state index is 4.41. The van der Waals surface area contributed by atoms with E-state index in [0.29, 0.717) is 0 Å². The maximum atomic E-state index is 4.41. The van der Waals surface area contributed by atoms with Crippen LogP contribution in [0, 0.1) is 0 Å². The molecule has 4 heteroatoms. The maximum Gasteiger partial charge on any atom is 0.193 e. The number of allylic oxidation sites excluding steroid dienone is 1. The molecule has 2 rings (SSSR count). The summed E-state index contributed by atoms with van der Waals surface area (Å²) in [5.74, 6) is 0.905. The monoisotopic (exact) mass is 322 g/mol. The van der Waals surface area contributed by atoms with Crippen molar-refractivity contribution in [2.75, 3.05) is 20.6 Å². The van der Waals surface area contributed by atoms with Crippen LogP contribution in [0.5, 0.6) is 0 Å². The highest BCUT2D eigenvalue weighted by Crippen LogP contribution is 2.17. The summed E-state index contributed by atoms with van der Waals surface area (Å²) in [4.78, 5) is 10.9. The Morgan fingerprint density at radius 1 is 1.29 bits per heavy atom. The minimum atomic E-state index is 0.735. The van der Waals surface area contributed by atoms with Crippen molar-refractivity contribution in [1.29, 1.82) is 0 Å². The molecule has 0 atom stereocenters. The van der Waals surface area contributed by atoms with Crippen molar-refractivity contribution >= 4 is 5.96 Å². The quantitative estimate of drug-likeness (QED) is 0.365. The van der Waals surface area contributed by atoms with E-state index in [9.17, 15) is 0 Å². The van der Waals surface area contributed by atoms with E-state index in [1.54, 1.807) is 0 Å². The predicted molar refractivity (Wildman–Crippen MR) is 102 cm³/mol. The number of guanidine groups is 1. The van der Waals surface area contributed by atoms with Gasteiger partial charge in [-0.25, -0.2) is 0 Å². The molecule has 126 valence electrons. The lowest BCUT2D eigenvalue weighted by atomic mass is 10.1. The first-order chi connectivity index (χ1) is 11.7. The molecule has 1 N–H and O–H groups in total. The van der Waals surface area contributed by atoms with E-state index >= 15 is 0 Å². The van der Waals surface area contributed by atoms with Gasteiger partial charge in [0.2, 0.25) is 0 Å². The number of hydrogen-bond acceptors (Lipinski definition) is 2. The molecule has 1 aromatic carbocycles. The van der Waals surface area contributed by atoms with E-state index in [0.717, 1.165) is 43.1 Å². The van der Waals surface area contributed by atoms with Crippen LogP contribution in [-0.2, 0) is 6.54 Å². The van der Waals surface area contributed by atoms with Crippen molar-refractivity contribution in [2.24, 2.45) is 4.99 Å². The van der Waals surface area contributed by atoms with Crippen molar-refractivity contribution in [3.63, 3.8) is 0 Å². The molecule has 0 fully saturated rings. The molecule has 0 radical (unpaired) electrons. The number of rotatable bonds is 7. The third kappa shape index (κ3) is 5.23. The Morgan fingerprint density at radius 2 is 2.17 bits per heavy atom. The molecule has 0 aliphatic heterocycles. The van der Waals surface area contributed by atoms with E-state index in [1.807, 2.05) is 37.5 Å². The van der Waals surface area contributed by atoms with Crippen LogP contribution in [0.1, 0.15) is 18.4 Å². The van der Waals surface area contributed by atoms with Crippen LogP contribution in [0.2, 0.25) is 0 Å². The molecular formula is C20H26N4. The van der Waals surface area contributed by atoms with Crippen LogP contribution in [-0.4, -0.2) is 36.5 Å². The molecule has 0 amide bonds.